The number of nitrogens with zero attached hydrogens (tertiary/aromatic N) is 2. The fraction of sp³-hybridized carbons (Fsp3) is 0.440. The van der Waals surface area contributed by atoms with Gasteiger partial charge in [0.1, 0.15) is 12.6 Å². The van der Waals surface area contributed by atoms with Crippen molar-refractivity contribution in [1.29, 1.82) is 0 Å². The van der Waals surface area contributed by atoms with Gasteiger partial charge in [0, 0.05) is 18.1 Å². The van der Waals surface area contributed by atoms with Crippen LogP contribution in [-0.4, -0.2) is 50.5 Å². The van der Waals surface area contributed by atoms with E-state index in [9.17, 15) is 18.0 Å². The lowest BCUT2D eigenvalue weighted by Gasteiger charge is -2.33. The Balaban J connectivity index is 2.46. The van der Waals surface area contributed by atoms with Crippen molar-refractivity contribution >= 4 is 62.3 Å². The van der Waals surface area contributed by atoms with Crippen molar-refractivity contribution in [3.63, 3.8) is 0 Å². The Labute approximate surface area is 228 Å². The summed E-state index contributed by atoms with van der Waals surface area (Å²) >= 11 is 18.4. The van der Waals surface area contributed by atoms with Gasteiger partial charge in [-0.15, -0.1) is 0 Å². The molecule has 0 bridgehead atoms. The second-order valence-corrected chi connectivity index (χ2v) is 12.2. The maximum absolute atomic E-state index is 13.7. The van der Waals surface area contributed by atoms with E-state index in [2.05, 4.69) is 5.32 Å². The molecule has 0 saturated carbocycles. The van der Waals surface area contributed by atoms with Crippen molar-refractivity contribution in [2.75, 3.05) is 23.7 Å². The molecule has 0 unspecified atom stereocenters. The molecule has 1 N–H and O–H groups in total. The second-order valence-electron chi connectivity index (χ2n) is 9.04. The van der Waals surface area contributed by atoms with E-state index in [4.69, 9.17) is 34.8 Å². The molecular formula is C25H32Cl3N3O4S. The highest BCUT2D eigenvalue weighted by molar-refractivity contribution is 7.92. The first-order valence-electron chi connectivity index (χ1n) is 11.5. The molecule has 198 valence electrons. The van der Waals surface area contributed by atoms with E-state index in [0.717, 1.165) is 16.1 Å². The van der Waals surface area contributed by atoms with Gasteiger partial charge >= 0.3 is 0 Å². The third-order valence-electron chi connectivity index (χ3n) is 5.53. The van der Waals surface area contributed by atoms with Gasteiger partial charge in [-0.3, -0.25) is 13.9 Å². The van der Waals surface area contributed by atoms with Gasteiger partial charge in [-0.05, 0) is 54.7 Å². The maximum atomic E-state index is 13.7. The summed E-state index contributed by atoms with van der Waals surface area (Å²) < 4.78 is 26.3. The van der Waals surface area contributed by atoms with Crippen LogP contribution in [0, 0.1) is 12.8 Å². The van der Waals surface area contributed by atoms with Crippen LogP contribution >= 0.6 is 34.8 Å². The van der Waals surface area contributed by atoms with E-state index in [0.29, 0.717) is 33.6 Å². The van der Waals surface area contributed by atoms with Gasteiger partial charge in [0.25, 0.3) is 0 Å². The average Bonchev–Trinajstić information content (AvgIpc) is 2.79. The van der Waals surface area contributed by atoms with Crippen molar-refractivity contribution in [1.82, 2.24) is 10.2 Å². The molecule has 0 aliphatic rings. The number of amides is 2. The SMILES string of the molecule is CC[C@@H](C(=O)NCC(C)C)N(Cc1ccc(Cl)c(Cl)c1)C(=O)CN(c1ccc(C)c(Cl)c1)S(C)(=O)=O. The molecule has 7 nitrogen and oxygen atoms in total. The molecule has 2 rings (SSSR count). The van der Waals surface area contributed by atoms with Gasteiger partial charge < -0.3 is 10.2 Å². The summed E-state index contributed by atoms with van der Waals surface area (Å²) in [6.07, 6.45) is 1.34. The molecule has 0 spiro atoms. The van der Waals surface area contributed by atoms with Crippen LogP contribution in [-0.2, 0) is 26.2 Å². The molecule has 11 heteroatoms. The minimum Gasteiger partial charge on any atom is -0.354 e. The Kier molecular flexibility index (Phi) is 10.9. The monoisotopic (exact) mass is 575 g/mol. The van der Waals surface area contributed by atoms with Crippen molar-refractivity contribution in [3.8, 4) is 0 Å². The first kappa shape index (κ1) is 30.2. The molecule has 2 aromatic rings. The largest absolute Gasteiger partial charge is 0.354 e. The Morgan fingerprint density at radius 2 is 1.67 bits per heavy atom. The molecule has 0 aliphatic heterocycles. The van der Waals surface area contributed by atoms with Crippen molar-refractivity contribution in [2.45, 2.75) is 46.7 Å². The van der Waals surface area contributed by atoms with E-state index in [-0.39, 0.29) is 24.1 Å². The number of sulfonamides is 1. The Morgan fingerprint density at radius 3 is 2.19 bits per heavy atom. The molecule has 0 saturated heterocycles. The fourth-order valence-corrected chi connectivity index (χ4v) is 4.86. The number of hydrogen-bond donors (Lipinski definition) is 1. The maximum Gasteiger partial charge on any atom is 0.244 e. The van der Waals surface area contributed by atoms with Gasteiger partial charge in [0.05, 0.1) is 22.0 Å². The highest BCUT2D eigenvalue weighted by Gasteiger charge is 2.32. The third-order valence-corrected chi connectivity index (χ3v) is 7.82. The van der Waals surface area contributed by atoms with Crippen molar-refractivity contribution in [2.24, 2.45) is 5.92 Å². The zero-order chi connectivity index (χ0) is 27.2. The van der Waals surface area contributed by atoms with Crippen LogP contribution in [0.15, 0.2) is 36.4 Å². The highest BCUT2D eigenvalue weighted by atomic mass is 35.5. The molecular weight excluding hydrogens is 545 g/mol. The van der Waals surface area contributed by atoms with Gasteiger partial charge in [0.2, 0.25) is 21.8 Å². The van der Waals surface area contributed by atoms with Gasteiger partial charge in [-0.2, -0.15) is 0 Å². The third kappa shape index (κ3) is 8.26. The highest BCUT2D eigenvalue weighted by Crippen LogP contribution is 2.27. The Morgan fingerprint density at radius 1 is 1.00 bits per heavy atom. The summed E-state index contributed by atoms with van der Waals surface area (Å²) in [6, 6.07) is 8.89. The number of carbonyl (C=O) groups is 2. The summed E-state index contributed by atoms with van der Waals surface area (Å²) in [4.78, 5) is 28.1. The number of halogens is 3. The summed E-state index contributed by atoms with van der Waals surface area (Å²) in [5, 5.41) is 3.92. The molecule has 0 aliphatic carbocycles. The van der Waals surface area contributed by atoms with Crippen LogP contribution < -0.4 is 9.62 Å². The van der Waals surface area contributed by atoms with E-state index < -0.39 is 28.5 Å². The van der Waals surface area contributed by atoms with Crippen LogP contribution in [0.25, 0.3) is 0 Å². The first-order valence-corrected chi connectivity index (χ1v) is 14.5. The molecule has 0 fully saturated rings. The smallest absolute Gasteiger partial charge is 0.244 e. The van der Waals surface area contributed by atoms with Gasteiger partial charge in [-0.1, -0.05) is 67.7 Å². The van der Waals surface area contributed by atoms with E-state index in [1.807, 2.05) is 13.8 Å². The van der Waals surface area contributed by atoms with Gasteiger partial charge in [-0.25, -0.2) is 8.42 Å². The number of hydrogen-bond acceptors (Lipinski definition) is 4. The summed E-state index contributed by atoms with van der Waals surface area (Å²) in [5.41, 5.74) is 1.68. The molecule has 2 aromatic carbocycles. The number of nitrogens with one attached hydrogen (secondary N) is 1. The lowest BCUT2D eigenvalue weighted by Crippen LogP contribution is -2.52. The number of carbonyl (C=O) groups excluding carboxylic acids is 2. The van der Waals surface area contributed by atoms with E-state index in [1.54, 1.807) is 44.2 Å². The van der Waals surface area contributed by atoms with Crippen LogP contribution in [0.1, 0.15) is 38.3 Å². The predicted molar refractivity (Wildman–Crippen MR) is 147 cm³/mol. The standard InChI is InChI=1S/C25H32Cl3N3O4S/c1-6-23(25(33)29-13-16(2)3)30(14-18-8-10-20(26)22(28)11-18)24(32)15-31(36(5,34)35)19-9-7-17(4)21(27)12-19/h7-12,16,23H,6,13-15H2,1-5H3,(H,29,33)/t23-/m0/s1. The minimum absolute atomic E-state index is 0.0373. The average molecular weight is 577 g/mol. The lowest BCUT2D eigenvalue weighted by atomic mass is 10.1. The van der Waals surface area contributed by atoms with Crippen LogP contribution in [0.5, 0.6) is 0 Å². The zero-order valence-corrected chi connectivity index (χ0v) is 24.1. The molecule has 0 aromatic heterocycles. The molecule has 0 heterocycles. The topological polar surface area (TPSA) is 86.8 Å². The zero-order valence-electron chi connectivity index (χ0n) is 21.0. The normalized spacial score (nSPS) is 12.4. The lowest BCUT2D eigenvalue weighted by molar-refractivity contribution is -0.140. The van der Waals surface area contributed by atoms with Crippen molar-refractivity contribution in [3.05, 3.63) is 62.6 Å². The summed E-state index contributed by atoms with van der Waals surface area (Å²) in [6.45, 7) is 7.50. The van der Waals surface area contributed by atoms with Crippen LogP contribution in [0.4, 0.5) is 5.69 Å². The second kappa shape index (κ2) is 13.0. The van der Waals surface area contributed by atoms with Crippen LogP contribution in [0.3, 0.4) is 0 Å². The molecule has 1 atom stereocenters. The number of anilines is 1. The molecule has 2 amide bonds. The van der Waals surface area contributed by atoms with Crippen LogP contribution in [0.2, 0.25) is 15.1 Å². The summed E-state index contributed by atoms with van der Waals surface area (Å²) in [7, 11) is -3.85. The minimum atomic E-state index is -3.85. The number of aryl methyl sites for hydroxylation is 1. The fourth-order valence-electron chi connectivity index (χ4n) is 3.53. The predicted octanol–water partition coefficient (Wildman–Crippen LogP) is 5.30. The quantitative estimate of drug-likeness (QED) is 0.393. The van der Waals surface area contributed by atoms with E-state index in [1.165, 1.54) is 11.0 Å². The number of benzene rings is 2. The molecule has 0 radical (unpaired) electrons. The summed E-state index contributed by atoms with van der Waals surface area (Å²) in [5.74, 6) is -0.642. The Bertz CT molecular complexity index is 1210. The number of rotatable bonds is 11. The van der Waals surface area contributed by atoms with Crippen molar-refractivity contribution < 1.29 is 18.0 Å². The first-order chi connectivity index (χ1) is 16.7. The Hall–Kier alpha value is -2.00. The van der Waals surface area contributed by atoms with E-state index >= 15 is 0 Å². The molecule has 36 heavy (non-hydrogen) atoms. The van der Waals surface area contributed by atoms with Gasteiger partial charge in [0.15, 0.2) is 0 Å².